The van der Waals surface area contributed by atoms with Crippen LogP contribution in [0.1, 0.15) is 17.3 Å². The van der Waals surface area contributed by atoms with E-state index in [9.17, 15) is 8.42 Å². The maximum atomic E-state index is 12.5. The zero-order valence-electron chi connectivity index (χ0n) is 12.5. The van der Waals surface area contributed by atoms with Crippen molar-refractivity contribution in [3.05, 3.63) is 59.1 Å². The minimum absolute atomic E-state index is 0.540. The largest absolute Gasteiger partial charge is 0.282 e. The Bertz CT molecular complexity index is 720. The molecule has 1 aromatic heterocycles. The number of benzene rings is 1. The Labute approximate surface area is 135 Å². The highest BCUT2D eigenvalue weighted by Gasteiger charge is 2.31. The Hall–Kier alpha value is -1.54. The average Bonchev–Trinajstić information content (AvgIpc) is 2.50. The van der Waals surface area contributed by atoms with Crippen LogP contribution in [0.3, 0.4) is 0 Å². The second kappa shape index (κ2) is 6.70. The minimum Gasteiger partial charge on any atom is -0.261 e. The van der Waals surface area contributed by atoms with Gasteiger partial charge in [0.25, 0.3) is 10.2 Å². The summed E-state index contributed by atoms with van der Waals surface area (Å²) in [6.45, 7) is 0. The predicted molar refractivity (Wildman–Crippen MR) is 85.7 cm³/mol. The molecule has 0 N–H and O–H groups in total. The molecule has 118 valence electrons. The molecule has 6 nitrogen and oxygen atoms in total. The smallest absolute Gasteiger partial charge is 0.261 e. The molecule has 0 aliphatic rings. The van der Waals surface area contributed by atoms with Gasteiger partial charge in [0.05, 0.1) is 17.9 Å². The molecule has 8 heteroatoms. The molecule has 1 atom stereocenters. The molecule has 0 bridgehead atoms. The molecule has 0 amide bonds. The highest BCUT2D eigenvalue weighted by Crippen LogP contribution is 2.29. The lowest BCUT2D eigenvalue weighted by Gasteiger charge is -2.29. The van der Waals surface area contributed by atoms with Gasteiger partial charge in [-0.2, -0.15) is 17.0 Å². The summed E-state index contributed by atoms with van der Waals surface area (Å²) in [5, 5.41) is 0.583. The first-order chi connectivity index (χ1) is 10.3. The van der Waals surface area contributed by atoms with Gasteiger partial charge in [-0.15, -0.1) is 0 Å². The molecule has 0 unspecified atom stereocenters. The number of rotatable bonds is 5. The molecule has 0 fully saturated rings. The van der Waals surface area contributed by atoms with Gasteiger partial charge in [0.1, 0.15) is 0 Å². The molecule has 2 aromatic rings. The van der Waals surface area contributed by atoms with Gasteiger partial charge < -0.3 is 0 Å². The van der Waals surface area contributed by atoms with Gasteiger partial charge in [0, 0.05) is 38.6 Å². The summed E-state index contributed by atoms with van der Waals surface area (Å²) < 4.78 is 27.3. The maximum absolute atomic E-state index is 12.5. The Morgan fingerprint density at radius 2 is 1.73 bits per heavy atom. The van der Waals surface area contributed by atoms with Gasteiger partial charge in [0.15, 0.2) is 0 Å². The lowest BCUT2D eigenvalue weighted by atomic mass is 10.0. The van der Waals surface area contributed by atoms with E-state index in [1.807, 2.05) is 0 Å². The van der Waals surface area contributed by atoms with Gasteiger partial charge in [0.2, 0.25) is 0 Å². The number of hydrogen-bond acceptors (Lipinski definition) is 4. The van der Waals surface area contributed by atoms with E-state index >= 15 is 0 Å². The highest BCUT2D eigenvalue weighted by atomic mass is 35.5. The van der Waals surface area contributed by atoms with Crippen LogP contribution in [-0.2, 0) is 10.2 Å². The topological polar surface area (TPSA) is 66.4 Å². The van der Waals surface area contributed by atoms with Crippen molar-refractivity contribution < 1.29 is 8.42 Å². The molecule has 0 radical (unpaired) electrons. The van der Waals surface area contributed by atoms with Crippen LogP contribution in [0.5, 0.6) is 0 Å². The number of aromatic nitrogens is 2. The summed E-state index contributed by atoms with van der Waals surface area (Å²) in [4.78, 5) is 8.29. The van der Waals surface area contributed by atoms with E-state index in [1.165, 1.54) is 31.6 Å². The number of halogens is 1. The summed E-state index contributed by atoms with van der Waals surface area (Å²) in [7, 11) is 0.876. The summed E-state index contributed by atoms with van der Waals surface area (Å²) in [6.07, 6.45) is 4.64. The van der Waals surface area contributed by atoms with Crippen LogP contribution < -0.4 is 0 Å². The number of hydrogen-bond donors (Lipinski definition) is 0. The van der Waals surface area contributed by atoms with E-state index in [-0.39, 0.29) is 0 Å². The van der Waals surface area contributed by atoms with Crippen molar-refractivity contribution >= 4 is 21.8 Å². The van der Waals surface area contributed by atoms with E-state index in [1.54, 1.807) is 36.7 Å². The molecule has 0 aliphatic carbocycles. The Kier molecular flexibility index (Phi) is 5.12. The van der Waals surface area contributed by atoms with Crippen molar-refractivity contribution in [2.75, 3.05) is 21.1 Å². The van der Waals surface area contributed by atoms with Crippen LogP contribution in [0.15, 0.2) is 42.9 Å². The van der Waals surface area contributed by atoms with Crippen LogP contribution in [0.4, 0.5) is 0 Å². The first-order valence-electron chi connectivity index (χ1n) is 6.51. The molecule has 0 saturated heterocycles. The van der Waals surface area contributed by atoms with Gasteiger partial charge in [-0.25, -0.2) is 0 Å². The minimum atomic E-state index is -3.62. The summed E-state index contributed by atoms with van der Waals surface area (Å²) in [5.74, 6) is 0. The third kappa shape index (κ3) is 3.44. The first kappa shape index (κ1) is 16.8. The van der Waals surface area contributed by atoms with E-state index in [4.69, 9.17) is 11.6 Å². The van der Waals surface area contributed by atoms with Crippen LogP contribution in [0.2, 0.25) is 5.02 Å². The molecule has 1 heterocycles. The molecule has 0 spiro atoms. The molecular formula is C14H17ClN4O2S. The first-order valence-corrected chi connectivity index (χ1v) is 8.28. The SMILES string of the molecule is CN(C)S(=O)(=O)N(C)[C@H](c1ccc(Cl)cc1)c1cnccn1. The molecular weight excluding hydrogens is 324 g/mol. The highest BCUT2D eigenvalue weighted by molar-refractivity contribution is 7.86. The summed E-state index contributed by atoms with van der Waals surface area (Å²) in [5.41, 5.74) is 1.30. The maximum Gasteiger partial charge on any atom is 0.282 e. The Balaban J connectivity index is 2.54. The fourth-order valence-electron chi connectivity index (χ4n) is 2.05. The Morgan fingerprint density at radius 1 is 1.09 bits per heavy atom. The van der Waals surface area contributed by atoms with Crippen LogP contribution >= 0.6 is 11.6 Å². The molecule has 22 heavy (non-hydrogen) atoms. The fourth-order valence-corrected chi connectivity index (χ4v) is 3.19. The normalized spacial score (nSPS) is 13.5. The lowest BCUT2D eigenvalue weighted by Crippen LogP contribution is -2.40. The molecule has 0 aliphatic heterocycles. The quantitative estimate of drug-likeness (QED) is 0.834. The second-order valence-electron chi connectivity index (χ2n) is 4.89. The van der Waals surface area contributed by atoms with Crippen molar-refractivity contribution in [2.45, 2.75) is 6.04 Å². The standard InChI is InChI=1S/C14H17ClN4O2S/c1-18(2)22(20,21)19(3)14(13-10-16-8-9-17-13)11-4-6-12(15)7-5-11/h4-10,14H,1-3H3/t14-/m1/s1. The fraction of sp³-hybridized carbons (Fsp3) is 0.286. The average molecular weight is 341 g/mol. The molecule has 0 saturated carbocycles. The number of nitrogens with zero attached hydrogens (tertiary/aromatic N) is 4. The van der Waals surface area contributed by atoms with E-state index < -0.39 is 16.3 Å². The van der Waals surface area contributed by atoms with E-state index in [2.05, 4.69) is 9.97 Å². The van der Waals surface area contributed by atoms with Crippen molar-refractivity contribution in [3.63, 3.8) is 0 Å². The van der Waals surface area contributed by atoms with Crippen LogP contribution in [0.25, 0.3) is 0 Å². The van der Waals surface area contributed by atoms with Crippen molar-refractivity contribution in [2.24, 2.45) is 0 Å². The van der Waals surface area contributed by atoms with Crippen molar-refractivity contribution in [1.29, 1.82) is 0 Å². The van der Waals surface area contributed by atoms with Gasteiger partial charge in [-0.05, 0) is 17.7 Å². The zero-order valence-corrected chi connectivity index (χ0v) is 14.1. The van der Waals surface area contributed by atoms with Gasteiger partial charge in [-0.1, -0.05) is 23.7 Å². The second-order valence-corrected chi connectivity index (χ2v) is 7.53. The predicted octanol–water partition coefficient (Wildman–Crippen LogP) is 1.96. The van der Waals surface area contributed by atoms with Crippen molar-refractivity contribution in [3.8, 4) is 0 Å². The molecule has 2 rings (SSSR count). The van der Waals surface area contributed by atoms with E-state index in [0.717, 1.165) is 9.87 Å². The van der Waals surface area contributed by atoms with Crippen LogP contribution in [0, 0.1) is 0 Å². The third-order valence-corrected chi connectivity index (χ3v) is 5.35. The zero-order chi connectivity index (χ0) is 16.3. The summed E-state index contributed by atoms with van der Waals surface area (Å²) >= 11 is 5.91. The Morgan fingerprint density at radius 3 is 2.23 bits per heavy atom. The van der Waals surface area contributed by atoms with Crippen LogP contribution in [-0.4, -0.2) is 48.1 Å². The van der Waals surface area contributed by atoms with Gasteiger partial charge >= 0.3 is 0 Å². The third-order valence-electron chi connectivity index (χ3n) is 3.24. The van der Waals surface area contributed by atoms with Gasteiger partial charge in [-0.3, -0.25) is 9.97 Å². The monoisotopic (exact) mass is 340 g/mol. The summed E-state index contributed by atoms with van der Waals surface area (Å²) in [6, 6.07) is 6.41. The van der Waals surface area contributed by atoms with Crippen molar-refractivity contribution in [1.82, 2.24) is 18.6 Å². The molecule has 1 aromatic carbocycles. The lowest BCUT2D eigenvalue weighted by molar-refractivity contribution is 0.374. The van der Waals surface area contributed by atoms with E-state index in [0.29, 0.717) is 10.7 Å².